The Morgan fingerprint density at radius 2 is 2.33 bits per heavy atom. The molecular weight excluding hydrogens is 147 g/mol. The zero-order valence-corrected chi connectivity index (χ0v) is 7.12. The Labute approximate surface area is 74.1 Å². The lowest BCUT2D eigenvalue weighted by Crippen LogP contribution is -2.01. The number of hydrogen-bond acceptors (Lipinski definition) is 1. The minimum absolute atomic E-state index is 0.0701. The van der Waals surface area contributed by atoms with Crippen LogP contribution in [-0.2, 0) is 0 Å². The fourth-order valence-electron chi connectivity index (χ4n) is 1.04. The molecule has 0 aliphatic rings. The van der Waals surface area contributed by atoms with Crippen LogP contribution >= 0.6 is 0 Å². The molecule has 0 amide bonds. The van der Waals surface area contributed by atoms with E-state index in [9.17, 15) is 0 Å². The molecule has 0 unspecified atom stereocenters. The second-order valence-corrected chi connectivity index (χ2v) is 2.70. The molecule has 2 radical (unpaired) electrons. The van der Waals surface area contributed by atoms with E-state index in [2.05, 4.69) is 0 Å². The van der Waals surface area contributed by atoms with Crippen LogP contribution in [0.5, 0.6) is 0 Å². The fraction of sp³-hybridized carbons (Fsp3) is 0.200. The average molecular weight is 158 g/mol. The van der Waals surface area contributed by atoms with Gasteiger partial charge in [-0.15, -0.1) is 0 Å². The van der Waals surface area contributed by atoms with Gasteiger partial charge in [0.05, 0.1) is 6.61 Å². The first-order valence-corrected chi connectivity index (χ1v) is 3.87. The monoisotopic (exact) mass is 158 g/mol. The van der Waals surface area contributed by atoms with Crippen LogP contribution in [0.3, 0.4) is 0 Å². The molecular formula is C10H11BO. The van der Waals surface area contributed by atoms with Crippen molar-refractivity contribution in [2.45, 2.75) is 6.92 Å². The van der Waals surface area contributed by atoms with E-state index in [1.54, 1.807) is 6.08 Å². The molecule has 0 saturated heterocycles. The SMILES string of the molecule is [B]c1cccc(/C(C)=C/CO)c1. The van der Waals surface area contributed by atoms with E-state index < -0.39 is 0 Å². The molecule has 1 aromatic carbocycles. The van der Waals surface area contributed by atoms with Gasteiger partial charge in [0.15, 0.2) is 0 Å². The number of hydrogen-bond donors (Lipinski definition) is 1. The molecule has 0 atom stereocenters. The first kappa shape index (κ1) is 9.08. The third-order valence-corrected chi connectivity index (χ3v) is 1.74. The maximum Gasteiger partial charge on any atom is 0.113 e. The van der Waals surface area contributed by atoms with Gasteiger partial charge in [0, 0.05) is 0 Å². The molecule has 0 bridgehead atoms. The van der Waals surface area contributed by atoms with E-state index in [4.69, 9.17) is 13.0 Å². The zero-order chi connectivity index (χ0) is 8.97. The Kier molecular flexibility index (Phi) is 3.12. The summed E-state index contributed by atoms with van der Waals surface area (Å²) in [4.78, 5) is 0. The third kappa shape index (κ3) is 2.24. The molecule has 1 N–H and O–H groups in total. The Morgan fingerprint density at radius 3 is 2.92 bits per heavy atom. The molecule has 0 aliphatic heterocycles. The van der Waals surface area contributed by atoms with E-state index in [1.807, 2.05) is 31.2 Å². The van der Waals surface area contributed by atoms with Gasteiger partial charge in [-0.05, 0) is 18.1 Å². The lowest BCUT2D eigenvalue weighted by atomic mass is 9.92. The lowest BCUT2D eigenvalue weighted by molar-refractivity contribution is 0.343. The van der Waals surface area contributed by atoms with Gasteiger partial charge in [0.25, 0.3) is 0 Å². The Morgan fingerprint density at radius 1 is 1.58 bits per heavy atom. The molecule has 60 valence electrons. The molecule has 1 nitrogen and oxygen atoms in total. The van der Waals surface area contributed by atoms with Crippen molar-refractivity contribution in [1.82, 2.24) is 0 Å². The van der Waals surface area contributed by atoms with Crippen molar-refractivity contribution >= 4 is 18.9 Å². The maximum atomic E-state index is 8.66. The highest BCUT2D eigenvalue weighted by Gasteiger charge is 1.93. The summed E-state index contributed by atoms with van der Waals surface area (Å²) in [5.74, 6) is 0. The maximum absolute atomic E-state index is 8.66. The smallest absolute Gasteiger partial charge is 0.113 e. The first-order chi connectivity index (χ1) is 5.74. The molecule has 0 saturated carbocycles. The van der Waals surface area contributed by atoms with E-state index >= 15 is 0 Å². The van der Waals surface area contributed by atoms with Gasteiger partial charge in [-0.25, -0.2) is 0 Å². The predicted octanol–water partition coefficient (Wildman–Crippen LogP) is 0.876. The largest absolute Gasteiger partial charge is 0.392 e. The van der Waals surface area contributed by atoms with E-state index in [1.165, 1.54) is 0 Å². The van der Waals surface area contributed by atoms with Crippen LogP contribution in [0.25, 0.3) is 5.57 Å². The van der Waals surface area contributed by atoms with Crippen molar-refractivity contribution in [3.63, 3.8) is 0 Å². The molecule has 1 rings (SSSR count). The van der Waals surface area contributed by atoms with Crippen LogP contribution in [0.2, 0.25) is 0 Å². The summed E-state index contributed by atoms with van der Waals surface area (Å²) in [6.07, 6.45) is 1.76. The van der Waals surface area contributed by atoms with Crippen LogP contribution in [0.15, 0.2) is 30.3 Å². The highest BCUT2D eigenvalue weighted by atomic mass is 16.2. The molecule has 0 fully saturated rings. The number of rotatable bonds is 2. The van der Waals surface area contributed by atoms with Gasteiger partial charge < -0.3 is 5.11 Å². The lowest BCUT2D eigenvalue weighted by Gasteiger charge is -2.01. The van der Waals surface area contributed by atoms with Gasteiger partial charge in [-0.1, -0.05) is 35.8 Å². The van der Waals surface area contributed by atoms with Gasteiger partial charge >= 0.3 is 0 Å². The van der Waals surface area contributed by atoms with Crippen LogP contribution in [0.1, 0.15) is 12.5 Å². The first-order valence-electron chi connectivity index (χ1n) is 3.87. The van der Waals surface area contributed by atoms with Gasteiger partial charge in [0.1, 0.15) is 7.85 Å². The summed E-state index contributed by atoms with van der Waals surface area (Å²) >= 11 is 0. The second-order valence-electron chi connectivity index (χ2n) is 2.70. The van der Waals surface area contributed by atoms with Gasteiger partial charge in [-0.3, -0.25) is 0 Å². The normalized spacial score (nSPS) is 11.7. The van der Waals surface area contributed by atoms with E-state index in [0.29, 0.717) is 0 Å². The standard InChI is InChI=1S/C10H11BO/c1-8(5-6-12)9-3-2-4-10(11)7-9/h2-5,7,12H,6H2,1H3/b8-5+. The van der Waals surface area contributed by atoms with Crippen molar-refractivity contribution in [1.29, 1.82) is 0 Å². The fourth-order valence-corrected chi connectivity index (χ4v) is 1.04. The van der Waals surface area contributed by atoms with Crippen molar-refractivity contribution < 1.29 is 5.11 Å². The van der Waals surface area contributed by atoms with Gasteiger partial charge in [0.2, 0.25) is 0 Å². The third-order valence-electron chi connectivity index (χ3n) is 1.74. The summed E-state index contributed by atoms with van der Waals surface area (Å²) in [5.41, 5.74) is 2.85. The summed E-state index contributed by atoms with van der Waals surface area (Å²) in [6, 6.07) is 7.61. The van der Waals surface area contributed by atoms with Crippen molar-refractivity contribution in [2.24, 2.45) is 0 Å². The van der Waals surface area contributed by atoms with Gasteiger partial charge in [-0.2, -0.15) is 0 Å². The minimum Gasteiger partial charge on any atom is -0.392 e. The number of benzene rings is 1. The molecule has 0 aromatic heterocycles. The topological polar surface area (TPSA) is 20.2 Å². The van der Waals surface area contributed by atoms with E-state index in [0.717, 1.165) is 16.6 Å². The summed E-state index contributed by atoms with van der Waals surface area (Å²) in [5, 5.41) is 8.66. The average Bonchev–Trinajstić information content (AvgIpc) is 2.05. The Bertz CT molecular complexity index is 292. The zero-order valence-electron chi connectivity index (χ0n) is 7.12. The minimum atomic E-state index is 0.0701. The highest BCUT2D eigenvalue weighted by Crippen LogP contribution is 2.10. The second kappa shape index (κ2) is 4.12. The van der Waals surface area contributed by atoms with Crippen LogP contribution in [-0.4, -0.2) is 19.6 Å². The molecule has 2 heteroatoms. The number of aliphatic hydroxyl groups excluding tert-OH is 1. The van der Waals surface area contributed by atoms with Crippen LogP contribution in [0.4, 0.5) is 0 Å². The van der Waals surface area contributed by atoms with Crippen molar-refractivity contribution in [3.05, 3.63) is 35.9 Å². The summed E-state index contributed by atoms with van der Waals surface area (Å²) in [7, 11) is 5.60. The summed E-state index contributed by atoms with van der Waals surface area (Å²) in [6.45, 7) is 2.02. The molecule has 0 spiro atoms. The highest BCUT2D eigenvalue weighted by molar-refractivity contribution is 6.32. The van der Waals surface area contributed by atoms with Crippen LogP contribution in [0, 0.1) is 0 Å². The Balaban J connectivity index is 2.95. The molecule has 1 aromatic rings. The van der Waals surface area contributed by atoms with Crippen molar-refractivity contribution in [3.8, 4) is 0 Å². The van der Waals surface area contributed by atoms with Crippen LogP contribution < -0.4 is 5.46 Å². The molecule has 0 heterocycles. The quantitative estimate of drug-likeness (QED) is 0.633. The van der Waals surface area contributed by atoms with Crippen molar-refractivity contribution in [2.75, 3.05) is 6.61 Å². The summed E-state index contributed by atoms with van der Waals surface area (Å²) < 4.78 is 0. The number of allylic oxidation sites excluding steroid dienone is 1. The Hall–Kier alpha value is -1.02. The molecule has 12 heavy (non-hydrogen) atoms. The number of aliphatic hydroxyl groups is 1. The van der Waals surface area contributed by atoms with E-state index in [-0.39, 0.29) is 6.61 Å². The predicted molar refractivity (Wildman–Crippen MR) is 52.6 cm³/mol. The molecule has 0 aliphatic carbocycles.